The van der Waals surface area contributed by atoms with Crippen LogP contribution in [0.4, 0.5) is 0 Å². The zero-order chi connectivity index (χ0) is 6.69. The van der Waals surface area contributed by atoms with Crippen LogP contribution in [-0.2, 0) is 5.11 Å². The molecule has 9 heavy (non-hydrogen) atoms. The summed E-state index contributed by atoms with van der Waals surface area (Å²) >= 11 is 0. The molecule has 0 aromatic rings. The number of rotatable bonds is 2. The van der Waals surface area contributed by atoms with Gasteiger partial charge in [0, 0.05) is 5.92 Å². The first-order valence-electron chi connectivity index (χ1n) is 3.61. The van der Waals surface area contributed by atoms with Crippen molar-refractivity contribution in [3.8, 4) is 0 Å². The highest BCUT2D eigenvalue weighted by Crippen LogP contribution is 2.24. The molecule has 1 heteroatoms. The second-order valence-electron chi connectivity index (χ2n) is 2.74. The summed E-state index contributed by atoms with van der Waals surface area (Å²) in [6, 6.07) is 0. The van der Waals surface area contributed by atoms with E-state index in [2.05, 4.69) is 6.08 Å². The third-order valence-electron chi connectivity index (χ3n) is 1.96. The van der Waals surface area contributed by atoms with Gasteiger partial charge in [-0.1, -0.05) is 18.6 Å². The van der Waals surface area contributed by atoms with E-state index in [1.54, 1.807) is 0 Å². The Morgan fingerprint density at radius 3 is 3.00 bits per heavy atom. The van der Waals surface area contributed by atoms with Gasteiger partial charge in [-0.15, -0.1) is 0 Å². The average Bonchev–Trinajstić information content (AvgIpc) is 2.37. The lowest BCUT2D eigenvalue weighted by Gasteiger charge is -2.05. The molecule has 1 radical (unpaired) electrons. The topological polar surface area (TPSA) is 19.9 Å². The minimum absolute atomic E-state index is 0.0613. The second kappa shape index (κ2) is 3.02. The van der Waals surface area contributed by atoms with Crippen molar-refractivity contribution in [3.05, 3.63) is 11.6 Å². The van der Waals surface area contributed by atoms with E-state index in [1.807, 2.05) is 6.92 Å². The van der Waals surface area contributed by atoms with Gasteiger partial charge < -0.3 is 0 Å². The monoisotopic (exact) mass is 125 g/mol. The van der Waals surface area contributed by atoms with Crippen LogP contribution in [0.5, 0.6) is 0 Å². The first-order chi connectivity index (χ1) is 4.34. The van der Waals surface area contributed by atoms with Crippen LogP contribution < -0.4 is 0 Å². The molecular weight excluding hydrogens is 112 g/mol. The van der Waals surface area contributed by atoms with Gasteiger partial charge in [0.05, 0.1) is 6.61 Å². The van der Waals surface area contributed by atoms with Gasteiger partial charge >= 0.3 is 0 Å². The van der Waals surface area contributed by atoms with E-state index < -0.39 is 0 Å². The van der Waals surface area contributed by atoms with Gasteiger partial charge in [-0.25, -0.2) is 5.11 Å². The third-order valence-corrected chi connectivity index (χ3v) is 1.96. The summed E-state index contributed by atoms with van der Waals surface area (Å²) in [6.45, 7) is 2.08. The van der Waals surface area contributed by atoms with Crippen LogP contribution in [0.1, 0.15) is 26.2 Å². The van der Waals surface area contributed by atoms with Crippen molar-refractivity contribution in [1.29, 1.82) is 0 Å². The van der Waals surface area contributed by atoms with Crippen LogP contribution in [0, 0.1) is 5.92 Å². The molecule has 0 fully saturated rings. The lowest BCUT2D eigenvalue weighted by molar-refractivity contribution is 0.163. The predicted octanol–water partition coefficient (Wildman–Crippen LogP) is 2.16. The fraction of sp³-hybridized carbons (Fsp3) is 0.750. The SMILES string of the molecule is CC(C[O])C1=CCCC1. The van der Waals surface area contributed by atoms with Crippen LogP contribution in [-0.4, -0.2) is 6.61 Å². The fourth-order valence-corrected chi connectivity index (χ4v) is 1.25. The Labute approximate surface area is 56.4 Å². The van der Waals surface area contributed by atoms with Crippen molar-refractivity contribution in [3.63, 3.8) is 0 Å². The van der Waals surface area contributed by atoms with E-state index >= 15 is 0 Å². The van der Waals surface area contributed by atoms with Crippen molar-refractivity contribution >= 4 is 0 Å². The van der Waals surface area contributed by atoms with Gasteiger partial charge in [-0.2, -0.15) is 0 Å². The van der Waals surface area contributed by atoms with Gasteiger partial charge in [-0.3, -0.25) is 0 Å². The molecule has 0 saturated heterocycles. The molecule has 1 nitrogen and oxygen atoms in total. The van der Waals surface area contributed by atoms with E-state index in [4.69, 9.17) is 0 Å². The van der Waals surface area contributed by atoms with E-state index in [9.17, 15) is 5.11 Å². The fourth-order valence-electron chi connectivity index (χ4n) is 1.25. The van der Waals surface area contributed by atoms with E-state index in [0.29, 0.717) is 5.92 Å². The molecule has 0 aliphatic heterocycles. The lowest BCUT2D eigenvalue weighted by Crippen LogP contribution is -2.00. The maximum atomic E-state index is 10.4. The standard InChI is InChI=1S/C8H13O/c1-7(6-9)8-4-2-3-5-8/h4,7H,2-3,5-6H2,1H3. The molecular formula is C8H13O. The highest BCUT2D eigenvalue weighted by Gasteiger charge is 2.10. The Morgan fingerprint density at radius 2 is 2.56 bits per heavy atom. The van der Waals surface area contributed by atoms with Crippen molar-refractivity contribution < 1.29 is 5.11 Å². The van der Waals surface area contributed by atoms with Gasteiger partial charge in [0.15, 0.2) is 0 Å². The molecule has 0 N–H and O–H groups in total. The van der Waals surface area contributed by atoms with Crippen LogP contribution >= 0.6 is 0 Å². The molecule has 1 rings (SSSR count). The Morgan fingerprint density at radius 1 is 1.78 bits per heavy atom. The minimum atomic E-state index is 0.0613. The summed E-state index contributed by atoms with van der Waals surface area (Å²) in [5.74, 6) is 0.299. The third kappa shape index (κ3) is 1.55. The quantitative estimate of drug-likeness (QED) is 0.504. The van der Waals surface area contributed by atoms with Gasteiger partial charge in [0.25, 0.3) is 0 Å². The summed E-state index contributed by atoms with van der Waals surface area (Å²) < 4.78 is 0. The van der Waals surface area contributed by atoms with Crippen molar-refractivity contribution in [1.82, 2.24) is 0 Å². The molecule has 1 atom stereocenters. The molecule has 0 spiro atoms. The van der Waals surface area contributed by atoms with E-state index in [-0.39, 0.29) is 6.61 Å². The normalized spacial score (nSPS) is 21.8. The van der Waals surface area contributed by atoms with Crippen molar-refractivity contribution in [2.24, 2.45) is 5.92 Å². The van der Waals surface area contributed by atoms with Gasteiger partial charge in [0.2, 0.25) is 0 Å². The number of hydrogen-bond acceptors (Lipinski definition) is 0. The number of hydrogen-bond donors (Lipinski definition) is 0. The summed E-state index contributed by atoms with van der Waals surface area (Å²) in [7, 11) is 0. The van der Waals surface area contributed by atoms with Crippen LogP contribution in [0.2, 0.25) is 0 Å². The molecule has 0 heterocycles. The second-order valence-corrected chi connectivity index (χ2v) is 2.74. The molecule has 1 unspecified atom stereocenters. The molecule has 51 valence electrons. The minimum Gasteiger partial charge on any atom is -0.236 e. The van der Waals surface area contributed by atoms with Crippen molar-refractivity contribution in [2.75, 3.05) is 6.61 Å². The maximum Gasteiger partial charge on any atom is 0.0884 e. The van der Waals surface area contributed by atoms with Crippen LogP contribution in [0.15, 0.2) is 11.6 Å². The summed E-state index contributed by atoms with van der Waals surface area (Å²) in [6.07, 6.45) is 5.85. The molecule has 0 aromatic carbocycles. The molecule has 0 amide bonds. The van der Waals surface area contributed by atoms with Crippen LogP contribution in [0.3, 0.4) is 0 Å². The molecule has 0 saturated carbocycles. The smallest absolute Gasteiger partial charge is 0.0884 e. The van der Waals surface area contributed by atoms with E-state index in [0.717, 1.165) is 0 Å². The molecule has 1 aliphatic carbocycles. The highest BCUT2D eigenvalue weighted by molar-refractivity contribution is 5.10. The Balaban J connectivity index is 2.40. The van der Waals surface area contributed by atoms with Crippen LogP contribution in [0.25, 0.3) is 0 Å². The molecule has 0 bridgehead atoms. The van der Waals surface area contributed by atoms with Crippen molar-refractivity contribution in [2.45, 2.75) is 26.2 Å². The van der Waals surface area contributed by atoms with E-state index in [1.165, 1.54) is 24.8 Å². The van der Waals surface area contributed by atoms with Gasteiger partial charge in [0.1, 0.15) is 0 Å². The Bertz CT molecular complexity index is 116. The predicted molar refractivity (Wildman–Crippen MR) is 36.7 cm³/mol. The Kier molecular flexibility index (Phi) is 2.29. The largest absolute Gasteiger partial charge is 0.236 e. The summed E-state index contributed by atoms with van der Waals surface area (Å²) in [5.41, 5.74) is 1.39. The summed E-state index contributed by atoms with van der Waals surface area (Å²) in [5, 5.41) is 10.4. The maximum absolute atomic E-state index is 10.4. The summed E-state index contributed by atoms with van der Waals surface area (Å²) in [4.78, 5) is 0. The highest BCUT2D eigenvalue weighted by atomic mass is 16.3. The zero-order valence-corrected chi connectivity index (χ0v) is 5.89. The Hall–Kier alpha value is -0.300. The average molecular weight is 125 g/mol. The lowest BCUT2D eigenvalue weighted by atomic mass is 10.0. The first kappa shape index (κ1) is 6.81. The zero-order valence-electron chi connectivity index (χ0n) is 5.89. The molecule has 1 aliphatic rings. The molecule has 0 aromatic heterocycles. The first-order valence-corrected chi connectivity index (χ1v) is 3.61. The van der Waals surface area contributed by atoms with Gasteiger partial charge in [-0.05, 0) is 19.3 Å². The number of allylic oxidation sites excluding steroid dienone is 1.